The summed E-state index contributed by atoms with van der Waals surface area (Å²) in [6.07, 6.45) is 1.01. The van der Waals surface area contributed by atoms with Crippen LogP contribution in [0.3, 0.4) is 0 Å². The molecule has 0 saturated heterocycles. The second-order valence-electron chi connectivity index (χ2n) is 3.87. The normalized spacial score (nSPS) is 13.9. The number of anilines is 2. The number of rotatable bonds is 1. The van der Waals surface area contributed by atoms with Crippen LogP contribution in [0.2, 0.25) is 10.3 Å². The fourth-order valence-corrected chi connectivity index (χ4v) is 2.46. The highest BCUT2D eigenvalue weighted by Crippen LogP contribution is 2.37. The van der Waals surface area contributed by atoms with Gasteiger partial charge in [-0.05, 0) is 18.1 Å². The maximum absolute atomic E-state index is 6.07. The van der Waals surface area contributed by atoms with E-state index in [2.05, 4.69) is 27.2 Å². The molecule has 1 aliphatic heterocycles. The van der Waals surface area contributed by atoms with Crippen LogP contribution in [0.1, 0.15) is 5.56 Å². The van der Waals surface area contributed by atoms with E-state index >= 15 is 0 Å². The van der Waals surface area contributed by atoms with Gasteiger partial charge >= 0.3 is 0 Å². The molecule has 0 unspecified atom stereocenters. The topological polar surface area (TPSA) is 29.0 Å². The van der Waals surface area contributed by atoms with E-state index in [1.54, 1.807) is 6.07 Å². The van der Waals surface area contributed by atoms with Gasteiger partial charge < -0.3 is 4.90 Å². The summed E-state index contributed by atoms with van der Waals surface area (Å²) in [6, 6.07) is 10.0. The lowest BCUT2D eigenvalue weighted by atomic mass is 10.2. The smallest absolute Gasteiger partial charge is 0.175 e. The number of benzene rings is 1. The van der Waals surface area contributed by atoms with Gasteiger partial charge in [-0.2, -0.15) is 0 Å². The molecule has 2 aromatic rings. The Hall–Kier alpha value is -1.32. The fourth-order valence-electron chi connectivity index (χ4n) is 2.12. The SMILES string of the molecule is Clc1cc(N2CCc3ccccc32)c(Cl)nn1. The van der Waals surface area contributed by atoms with Crippen molar-refractivity contribution in [3.63, 3.8) is 0 Å². The molecule has 0 saturated carbocycles. The zero-order valence-corrected chi connectivity index (χ0v) is 10.4. The van der Waals surface area contributed by atoms with E-state index in [1.807, 2.05) is 12.1 Å². The first-order chi connectivity index (χ1) is 8.25. The van der Waals surface area contributed by atoms with Gasteiger partial charge in [0.05, 0.1) is 5.69 Å². The lowest BCUT2D eigenvalue weighted by Gasteiger charge is -2.19. The van der Waals surface area contributed by atoms with E-state index in [9.17, 15) is 0 Å². The van der Waals surface area contributed by atoms with E-state index in [0.717, 1.165) is 18.7 Å². The number of aromatic nitrogens is 2. The van der Waals surface area contributed by atoms with Gasteiger partial charge in [-0.25, -0.2) is 0 Å². The molecule has 3 rings (SSSR count). The molecule has 5 heteroatoms. The molecule has 2 heterocycles. The number of nitrogens with zero attached hydrogens (tertiary/aromatic N) is 3. The summed E-state index contributed by atoms with van der Waals surface area (Å²) in [5, 5.41) is 8.30. The van der Waals surface area contributed by atoms with Gasteiger partial charge in [-0.15, -0.1) is 10.2 Å². The van der Waals surface area contributed by atoms with Crippen LogP contribution in [-0.4, -0.2) is 16.7 Å². The second kappa shape index (κ2) is 4.17. The average Bonchev–Trinajstić information content (AvgIpc) is 2.76. The summed E-state index contributed by atoms with van der Waals surface area (Å²) in [5.41, 5.74) is 3.30. The van der Waals surface area contributed by atoms with Gasteiger partial charge in [0.1, 0.15) is 0 Å². The standard InChI is InChI=1S/C12H9Cl2N3/c13-11-7-10(12(14)16-15-11)17-6-5-8-3-1-2-4-9(8)17/h1-4,7H,5-6H2. The number of hydrogen-bond acceptors (Lipinski definition) is 3. The maximum Gasteiger partial charge on any atom is 0.175 e. The van der Waals surface area contributed by atoms with Gasteiger partial charge in [-0.3, -0.25) is 0 Å². The first-order valence-corrected chi connectivity index (χ1v) is 6.05. The molecule has 0 N–H and O–H groups in total. The van der Waals surface area contributed by atoms with Crippen molar-refractivity contribution in [2.24, 2.45) is 0 Å². The van der Waals surface area contributed by atoms with Crippen molar-refractivity contribution in [2.45, 2.75) is 6.42 Å². The Balaban J connectivity index is 2.10. The van der Waals surface area contributed by atoms with Crippen molar-refractivity contribution in [1.82, 2.24) is 10.2 Å². The van der Waals surface area contributed by atoms with E-state index in [4.69, 9.17) is 23.2 Å². The molecule has 0 bridgehead atoms. The van der Waals surface area contributed by atoms with Crippen LogP contribution >= 0.6 is 23.2 Å². The number of fused-ring (bicyclic) bond motifs is 1. The van der Waals surface area contributed by atoms with Gasteiger partial charge in [-0.1, -0.05) is 41.4 Å². The number of hydrogen-bond donors (Lipinski definition) is 0. The molecule has 17 heavy (non-hydrogen) atoms. The molecule has 0 fully saturated rings. The van der Waals surface area contributed by atoms with Crippen molar-refractivity contribution >= 4 is 34.6 Å². The van der Waals surface area contributed by atoms with Crippen molar-refractivity contribution in [3.8, 4) is 0 Å². The highest BCUT2D eigenvalue weighted by molar-refractivity contribution is 6.33. The molecular weight excluding hydrogens is 257 g/mol. The van der Waals surface area contributed by atoms with Crippen LogP contribution in [0.25, 0.3) is 0 Å². The summed E-state index contributed by atoms with van der Waals surface area (Å²) in [5.74, 6) is 0. The lowest BCUT2D eigenvalue weighted by Crippen LogP contribution is -2.14. The average molecular weight is 266 g/mol. The first-order valence-electron chi connectivity index (χ1n) is 5.30. The zero-order chi connectivity index (χ0) is 11.8. The molecule has 0 aliphatic carbocycles. The van der Waals surface area contributed by atoms with E-state index < -0.39 is 0 Å². The van der Waals surface area contributed by atoms with Crippen LogP contribution in [0, 0.1) is 0 Å². The third-order valence-corrected chi connectivity index (χ3v) is 3.33. The Bertz CT molecular complexity index is 571. The van der Waals surface area contributed by atoms with Crippen LogP contribution in [0.4, 0.5) is 11.4 Å². The van der Waals surface area contributed by atoms with Crippen LogP contribution in [0.5, 0.6) is 0 Å². The molecule has 0 spiro atoms. The number of halogens is 2. The highest BCUT2D eigenvalue weighted by atomic mass is 35.5. The van der Waals surface area contributed by atoms with Gasteiger partial charge in [0.2, 0.25) is 0 Å². The molecule has 0 atom stereocenters. The monoisotopic (exact) mass is 265 g/mol. The predicted octanol–water partition coefficient (Wildman–Crippen LogP) is 3.48. The third kappa shape index (κ3) is 1.85. The van der Waals surface area contributed by atoms with E-state index in [0.29, 0.717) is 10.3 Å². The third-order valence-electron chi connectivity index (χ3n) is 2.88. The minimum atomic E-state index is 0.355. The Morgan fingerprint density at radius 2 is 1.88 bits per heavy atom. The van der Waals surface area contributed by atoms with Crippen molar-refractivity contribution in [2.75, 3.05) is 11.4 Å². The minimum Gasteiger partial charge on any atom is -0.338 e. The van der Waals surface area contributed by atoms with E-state index in [-0.39, 0.29) is 0 Å². The maximum atomic E-state index is 6.07. The molecular formula is C12H9Cl2N3. The second-order valence-corrected chi connectivity index (χ2v) is 4.62. The van der Waals surface area contributed by atoms with Crippen LogP contribution < -0.4 is 4.90 Å². The van der Waals surface area contributed by atoms with Gasteiger partial charge in [0.15, 0.2) is 10.3 Å². The molecule has 1 aromatic heterocycles. The number of para-hydroxylation sites is 1. The lowest BCUT2D eigenvalue weighted by molar-refractivity contribution is 0.966. The molecule has 3 nitrogen and oxygen atoms in total. The van der Waals surface area contributed by atoms with Crippen molar-refractivity contribution in [3.05, 3.63) is 46.2 Å². The Kier molecular flexibility index (Phi) is 2.65. The molecule has 0 amide bonds. The Morgan fingerprint density at radius 3 is 2.76 bits per heavy atom. The van der Waals surface area contributed by atoms with Gasteiger partial charge in [0.25, 0.3) is 0 Å². The zero-order valence-electron chi connectivity index (χ0n) is 8.90. The molecule has 1 aromatic carbocycles. The molecule has 0 radical (unpaired) electrons. The van der Waals surface area contributed by atoms with E-state index in [1.165, 1.54) is 11.3 Å². The van der Waals surface area contributed by atoms with Gasteiger partial charge in [0, 0.05) is 18.3 Å². The summed E-state index contributed by atoms with van der Waals surface area (Å²) in [4.78, 5) is 2.12. The van der Waals surface area contributed by atoms with Crippen molar-refractivity contribution in [1.29, 1.82) is 0 Å². The largest absolute Gasteiger partial charge is 0.338 e. The van der Waals surface area contributed by atoms with Crippen LogP contribution in [-0.2, 0) is 6.42 Å². The summed E-state index contributed by atoms with van der Waals surface area (Å²) >= 11 is 11.9. The molecule has 1 aliphatic rings. The first kappa shape index (κ1) is 10.8. The molecule has 86 valence electrons. The summed E-state index contributed by atoms with van der Waals surface area (Å²) in [7, 11) is 0. The minimum absolute atomic E-state index is 0.355. The Labute approximate surface area is 109 Å². The highest BCUT2D eigenvalue weighted by Gasteiger charge is 2.22. The van der Waals surface area contributed by atoms with Crippen molar-refractivity contribution < 1.29 is 0 Å². The summed E-state index contributed by atoms with van der Waals surface area (Å²) < 4.78 is 0. The Morgan fingerprint density at radius 1 is 1.06 bits per heavy atom. The van der Waals surface area contributed by atoms with Crippen LogP contribution in [0.15, 0.2) is 30.3 Å². The predicted molar refractivity (Wildman–Crippen MR) is 69.2 cm³/mol. The fraction of sp³-hybridized carbons (Fsp3) is 0.167. The quantitative estimate of drug-likeness (QED) is 0.791. The summed E-state index contributed by atoms with van der Waals surface area (Å²) in [6.45, 7) is 0.890.